The Morgan fingerprint density at radius 1 is 1.44 bits per heavy atom. The fraction of sp³-hybridized carbons (Fsp3) is 0.692. The van der Waals surface area contributed by atoms with Gasteiger partial charge in [-0.05, 0) is 26.3 Å². The molecule has 1 fully saturated rings. The van der Waals surface area contributed by atoms with Gasteiger partial charge in [0.1, 0.15) is 5.76 Å². The molecule has 0 aromatic heterocycles. The Balaban J connectivity index is 2.32. The molecule has 3 heteroatoms. The van der Waals surface area contributed by atoms with Gasteiger partial charge in [-0.15, -0.1) is 0 Å². The molecular formula is C13H21ClNO+. The molecule has 1 aliphatic heterocycles. The van der Waals surface area contributed by atoms with Crippen molar-refractivity contribution in [3.8, 4) is 0 Å². The SMILES string of the molecule is CC1=CC2C[N+](C)(C(C)C)CC2C(Cl)=C1O. The predicted octanol–water partition coefficient (Wildman–Crippen LogP) is 3.06. The average molecular weight is 243 g/mol. The number of quaternary nitrogens is 1. The van der Waals surface area contributed by atoms with Gasteiger partial charge in [-0.2, -0.15) is 0 Å². The lowest BCUT2D eigenvalue weighted by atomic mass is 9.88. The Kier molecular flexibility index (Phi) is 2.83. The Bertz CT molecular complexity index is 372. The van der Waals surface area contributed by atoms with Crippen molar-refractivity contribution in [3.05, 3.63) is 22.4 Å². The highest BCUT2D eigenvalue weighted by Crippen LogP contribution is 2.42. The number of nitrogens with zero attached hydrogens (tertiary/aromatic N) is 1. The normalized spacial score (nSPS) is 39.0. The third-order valence-electron chi connectivity index (χ3n) is 4.39. The van der Waals surface area contributed by atoms with Crippen LogP contribution in [0.15, 0.2) is 22.4 Å². The van der Waals surface area contributed by atoms with E-state index >= 15 is 0 Å². The molecular weight excluding hydrogens is 222 g/mol. The van der Waals surface area contributed by atoms with E-state index in [1.807, 2.05) is 6.92 Å². The number of aliphatic hydroxyl groups is 1. The van der Waals surface area contributed by atoms with Gasteiger partial charge in [-0.1, -0.05) is 17.7 Å². The lowest BCUT2D eigenvalue weighted by Gasteiger charge is -2.34. The molecule has 0 aromatic rings. The topological polar surface area (TPSA) is 20.2 Å². The minimum Gasteiger partial charge on any atom is -0.506 e. The minimum absolute atomic E-state index is 0.306. The van der Waals surface area contributed by atoms with Crippen LogP contribution in [0.2, 0.25) is 0 Å². The number of hydrogen-bond acceptors (Lipinski definition) is 1. The first-order valence-electron chi connectivity index (χ1n) is 5.97. The molecule has 90 valence electrons. The van der Waals surface area contributed by atoms with Gasteiger partial charge in [0.05, 0.1) is 37.1 Å². The molecule has 0 amide bonds. The Labute approximate surface area is 103 Å². The fourth-order valence-corrected chi connectivity index (χ4v) is 3.27. The van der Waals surface area contributed by atoms with Crippen LogP contribution < -0.4 is 0 Å². The summed E-state index contributed by atoms with van der Waals surface area (Å²) >= 11 is 6.27. The van der Waals surface area contributed by atoms with E-state index in [-0.39, 0.29) is 0 Å². The number of allylic oxidation sites excluding steroid dienone is 1. The maximum Gasteiger partial charge on any atom is 0.133 e. The van der Waals surface area contributed by atoms with Crippen LogP contribution in [-0.2, 0) is 0 Å². The third kappa shape index (κ3) is 1.68. The number of fused-ring (bicyclic) bond motifs is 1. The molecule has 0 aromatic carbocycles. The van der Waals surface area contributed by atoms with E-state index in [0.29, 0.717) is 28.7 Å². The number of rotatable bonds is 1. The highest BCUT2D eigenvalue weighted by molar-refractivity contribution is 6.30. The first-order valence-corrected chi connectivity index (χ1v) is 6.34. The van der Waals surface area contributed by atoms with Crippen LogP contribution in [0.3, 0.4) is 0 Å². The Morgan fingerprint density at radius 2 is 2.06 bits per heavy atom. The standard InChI is InChI=1S/C13H20ClNO/c1-8(2)15(4)6-10-5-9(3)13(16)12(14)11(10)7-15/h5,8,10-11H,6-7H2,1-4H3/p+1. The molecule has 16 heavy (non-hydrogen) atoms. The first kappa shape index (κ1) is 12.0. The molecule has 3 unspecified atom stereocenters. The summed E-state index contributed by atoms with van der Waals surface area (Å²) in [5, 5.41) is 10.5. The number of hydrogen-bond donors (Lipinski definition) is 1. The third-order valence-corrected chi connectivity index (χ3v) is 4.85. The molecule has 1 aliphatic carbocycles. The average Bonchev–Trinajstić information content (AvgIpc) is 2.54. The summed E-state index contributed by atoms with van der Waals surface area (Å²) in [4.78, 5) is 0. The summed E-state index contributed by atoms with van der Waals surface area (Å²) in [6, 6.07) is 0.603. The second kappa shape index (κ2) is 3.78. The molecule has 2 rings (SSSR count). The van der Waals surface area contributed by atoms with Crippen LogP contribution >= 0.6 is 11.6 Å². The van der Waals surface area contributed by atoms with E-state index in [1.54, 1.807) is 0 Å². The van der Waals surface area contributed by atoms with Crippen molar-refractivity contribution in [2.24, 2.45) is 11.8 Å². The van der Waals surface area contributed by atoms with Crippen molar-refractivity contribution in [1.82, 2.24) is 0 Å². The lowest BCUT2D eigenvalue weighted by Crippen LogP contribution is -2.47. The predicted molar refractivity (Wildman–Crippen MR) is 67.3 cm³/mol. The summed E-state index contributed by atoms with van der Waals surface area (Å²) in [6.45, 7) is 8.61. The van der Waals surface area contributed by atoms with Crippen molar-refractivity contribution < 1.29 is 9.59 Å². The van der Waals surface area contributed by atoms with Crippen LogP contribution in [0.25, 0.3) is 0 Å². The second-order valence-electron chi connectivity index (χ2n) is 5.75. The van der Waals surface area contributed by atoms with Gasteiger partial charge in [-0.3, -0.25) is 0 Å². The maximum atomic E-state index is 9.87. The molecule has 2 nitrogen and oxygen atoms in total. The molecule has 1 heterocycles. The number of likely N-dealkylation sites (tertiary alicyclic amines) is 1. The Hall–Kier alpha value is -0.470. The van der Waals surface area contributed by atoms with Crippen molar-refractivity contribution >= 4 is 11.6 Å². The highest BCUT2D eigenvalue weighted by Gasteiger charge is 2.47. The van der Waals surface area contributed by atoms with Gasteiger partial charge < -0.3 is 9.59 Å². The summed E-state index contributed by atoms with van der Waals surface area (Å²) in [5.74, 6) is 1.12. The smallest absolute Gasteiger partial charge is 0.133 e. The summed E-state index contributed by atoms with van der Waals surface area (Å²) < 4.78 is 1.04. The molecule has 3 atom stereocenters. The molecule has 0 radical (unpaired) electrons. The second-order valence-corrected chi connectivity index (χ2v) is 6.16. The fourth-order valence-electron chi connectivity index (χ4n) is 2.89. The van der Waals surface area contributed by atoms with Crippen molar-refractivity contribution in [2.75, 3.05) is 20.1 Å². The van der Waals surface area contributed by atoms with Crippen molar-refractivity contribution in [1.29, 1.82) is 0 Å². The molecule has 0 spiro atoms. The van der Waals surface area contributed by atoms with Crippen molar-refractivity contribution in [3.63, 3.8) is 0 Å². The van der Waals surface area contributed by atoms with Crippen LogP contribution in [0.4, 0.5) is 0 Å². The number of aliphatic hydroxyl groups excluding tert-OH is 1. The van der Waals surface area contributed by atoms with Gasteiger partial charge in [0.15, 0.2) is 0 Å². The van der Waals surface area contributed by atoms with Crippen LogP contribution in [0.1, 0.15) is 20.8 Å². The van der Waals surface area contributed by atoms with Gasteiger partial charge in [-0.25, -0.2) is 0 Å². The highest BCUT2D eigenvalue weighted by atomic mass is 35.5. The van der Waals surface area contributed by atoms with Gasteiger partial charge in [0.2, 0.25) is 0 Å². The van der Waals surface area contributed by atoms with Crippen LogP contribution in [-0.4, -0.2) is 35.8 Å². The van der Waals surface area contributed by atoms with Gasteiger partial charge in [0, 0.05) is 5.92 Å². The Morgan fingerprint density at radius 3 is 2.62 bits per heavy atom. The van der Waals surface area contributed by atoms with Gasteiger partial charge in [0.25, 0.3) is 0 Å². The quantitative estimate of drug-likeness (QED) is 0.701. The first-order chi connectivity index (χ1) is 7.35. The van der Waals surface area contributed by atoms with E-state index < -0.39 is 0 Å². The largest absolute Gasteiger partial charge is 0.506 e. The van der Waals surface area contributed by atoms with E-state index in [4.69, 9.17) is 11.6 Å². The van der Waals surface area contributed by atoms with E-state index in [0.717, 1.165) is 23.1 Å². The summed E-state index contributed by atoms with van der Waals surface area (Å²) in [5.41, 5.74) is 0.934. The summed E-state index contributed by atoms with van der Waals surface area (Å²) in [7, 11) is 2.29. The zero-order valence-electron chi connectivity index (χ0n) is 10.5. The van der Waals surface area contributed by atoms with E-state index in [1.165, 1.54) is 0 Å². The molecule has 0 bridgehead atoms. The van der Waals surface area contributed by atoms with Crippen LogP contribution in [0, 0.1) is 11.8 Å². The van der Waals surface area contributed by atoms with E-state index in [2.05, 4.69) is 27.0 Å². The van der Waals surface area contributed by atoms with Crippen LogP contribution in [0.5, 0.6) is 0 Å². The monoisotopic (exact) mass is 242 g/mol. The zero-order valence-corrected chi connectivity index (χ0v) is 11.3. The molecule has 2 aliphatic rings. The maximum absolute atomic E-state index is 9.87. The number of halogens is 1. The molecule has 0 saturated carbocycles. The summed E-state index contributed by atoms with van der Waals surface area (Å²) in [6.07, 6.45) is 2.19. The van der Waals surface area contributed by atoms with E-state index in [9.17, 15) is 5.11 Å². The molecule has 1 saturated heterocycles. The minimum atomic E-state index is 0.306. The lowest BCUT2D eigenvalue weighted by molar-refractivity contribution is -0.920. The van der Waals surface area contributed by atoms with Gasteiger partial charge >= 0.3 is 0 Å². The zero-order chi connectivity index (χ0) is 12.1. The molecule has 1 N–H and O–H groups in total. The van der Waals surface area contributed by atoms with Crippen molar-refractivity contribution in [2.45, 2.75) is 26.8 Å².